The van der Waals surface area contributed by atoms with Gasteiger partial charge in [0.15, 0.2) is 0 Å². The van der Waals surface area contributed by atoms with E-state index in [0.29, 0.717) is 6.54 Å². The molecule has 0 saturated carbocycles. The maximum Gasteiger partial charge on any atom is 0.120 e. The zero-order valence-electron chi connectivity index (χ0n) is 15.0. The van der Waals surface area contributed by atoms with E-state index in [9.17, 15) is 5.11 Å². The van der Waals surface area contributed by atoms with Crippen LogP contribution in [0.3, 0.4) is 0 Å². The summed E-state index contributed by atoms with van der Waals surface area (Å²) in [6.07, 6.45) is -0.310. The van der Waals surface area contributed by atoms with Gasteiger partial charge in [-0.1, -0.05) is 36.4 Å². The minimum absolute atomic E-state index is 0.160. The Bertz CT molecular complexity index is 663. The van der Waals surface area contributed by atoms with E-state index in [0.717, 1.165) is 48.7 Å². The first-order chi connectivity index (χ1) is 12.1. The molecule has 2 aromatic carbocycles. The lowest BCUT2D eigenvalue weighted by Gasteiger charge is -2.28. The number of nitrogens with zero attached hydrogens (tertiary/aromatic N) is 1. The molecule has 0 radical (unpaired) electrons. The Labute approximate surface area is 150 Å². The summed E-state index contributed by atoms with van der Waals surface area (Å²) in [5, 5.41) is 10.5. The Balaban J connectivity index is 1.67. The highest BCUT2D eigenvalue weighted by molar-refractivity contribution is 5.65. The molecule has 1 atom stereocenters. The van der Waals surface area contributed by atoms with E-state index in [4.69, 9.17) is 9.47 Å². The van der Waals surface area contributed by atoms with Crippen LogP contribution in [0, 0.1) is 0 Å². The van der Waals surface area contributed by atoms with E-state index < -0.39 is 6.10 Å². The van der Waals surface area contributed by atoms with Gasteiger partial charge < -0.3 is 14.6 Å². The molecule has 1 aliphatic heterocycles. The molecule has 4 heteroatoms. The average molecular weight is 341 g/mol. The minimum atomic E-state index is -0.470. The third-order valence-corrected chi connectivity index (χ3v) is 4.37. The molecule has 1 saturated heterocycles. The van der Waals surface area contributed by atoms with Gasteiger partial charge in [0.25, 0.3) is 0 Å². The predicted octanol–water partition coefficient (Wildman–Crippen LogP) is 3.51. The molecule has 1 N–H and O–H groups in total. The number of aliphatic hydroxyl groups excluding tert-OH is 1. The number of aliphatic hydroxyl groups is 1. The van der Waals surface area contributed by atoms with Crippen LogP contribution >= 0.6 is 0 Å². The first kappa shape index (κ1) is 17.9. The van der Waals surface area contributed by atoms with Crippen molar-refractivity contribution < 1.29 is 14.6 Å². The van der Waals surface area contributed by atoms with Crippen LogP contribution in [0.15, 0.2) is 48.5 Å². The fourth-order valence-electron chi connectivity index (χ4n) is 3.05. The molecule has 4 nitrogen and oxygen atoms in total. The molecule has 1 aliphatic rings. The van der Waals surface area contributed by atoms with Crippen molar-refractivity contribution in [2.24, 2.45) is 0 Å². The molecule has 0 amide bonds. The van der Waals surface area contributed by atoms with E-state index in [1.807, 2.05) is 38.1 Å². The van der Waals surface area contributed by atoms with E-state index in [1.54, 1.807) is 0 Å². The van der Waals surface area contributed by atoms with Crippen LogP contribution in [-0.2, 0) is 4.74 Å². The second-order valence-corrected chi connectivity index (χ2v) is 6.75. The summed E-state index contributed by atoms with van der Waals surface area (Å²) >= 11 is 0. The predicted molar refractivity (Wildman–Crippen MR) is 99.9 cm³/mol. The molecule has 3 rings (SSSR count). The molecule has 1 unspecified atom stereocenters. The number of hydrogen-bond donors (Lipinski definition) is 1. The molecule has 0 aromatic heterocycles. The zero-order valence-corrected chi connectivity index (χ0v) is 15.0. The monoisotopic (exact) mass is 341 g/mol. The lowest BCUT2D eigenvalue weighted by molar-refractivity contribution is 0.0143. The Morgan fingerprint density at radius 1 is 1.04 bits per heavy atom. The highest BCUT2D eigenvalue weighted by Crippen LogP contribution is 2.26. The summed E-state index contributed by atoms with van der Waals surface area (Å²) in [7, 11) is 0. The Kier molecular flexibility index (Phi) is 6.08. The maximum absolute atomic E-state index is 10.5. The van der Waals surface area contributed by atoms with Gasteiger partial charge in [-0.3, -0.25) is 4.90 Å². The summed E-state index contributed by atoms with van der Waals surface area (Å²) in [6.45, 7) is 7.98. The third-order valence-electron chi connectivity index (χ3n) is 4.37. The fourth-order valence-corrected chi connectivity index (χ4v) is 3.05. The van der Waals surface area contributed by atoms with Gasteiger partial charge in [-0.25, -0.2) is 0 Å². The molecule has 2 aromatic rings. The molecule has 0 aliphatic carbocycles. The summed E-state index contributed by atoms with van der Waals surface area (Å²) < 4.78 is 11.1. The van der Waals surface area contributed by atoms with Gasteiger partial charge in [0, 0.05) is 19.6 Å². The Hall–Kier alpha value is -1.88. The van der Waals surface area contributed by atoms with E-state index in [2.05, 4.69) is 29.2 Å². The number of morpholine rings is 1. The van der Waals surface area contributed by atoms with Crippen molar-refractivity contribution in [3.63, 3.8) is 0 Å². The van der Waals surface area contributed by atoms with Crippen LogP contribution in [0.4, 0.5) is 0 Å². The fraction of sp³-hybridized carbons (Fsp3) is 0.429. The SMILES string of the molecule is CC(C)Oc1cccc(-c2ccc(C(O)CN3CCOCC3)cc2)c1. The van der Waals surface area contributed by atoms with Crippen molar-refractivity contribution in [2.75, 3.05) is 32.8 Å². The molecular formula is C21H27NO3. The van der Waals surface area contributed by atoms with Gasteiger partial charge in [-0.2, -0.15) is 0 Å². The van der Waals surface area contributed by atoms with Gasteiger partial charge in [-0.05, 0) is 42.7 Å². The second kappa shape index (κ2) is 8.48. The number of rotatable bonds is 6. The van der Waals surface area contributed by atoms with E-state index in [-0.39, 0.29) is 6.10 Å². The van der Waals surface area contributed by atoms with Gasteiger partial charge >= 0.3 is 0 Å². The molecule has 0 spiro atoms. The molecule has 25 heavy (non-hydrogen) atoms. The standard InChI is InChI=1S/C21H27NO3/c1-16(2)25-20-5-3-4-19(14-20)17-6-8-18(9-7-17)21(23)15-22-10-12-24-13-11-22/h3-9,14,16,21,23H,10-13,15H2,1-2H3. The van der Waals surface area contributed by atoms with Crippen LogP contribution in [-0.4, -0.2) is 49.0 Å². The topological polar surface area (TPSA) is 41.9 Å². The van der Waals surface area contributed by atoms with Crippen molar-refractivity contribution >= 4 is 0 Å². The van der Waals surface area contributed by atoms with Crippen molar-refractivity contribution in [1.82, 2.24) is 4.90 Å². The third kappa shape index (κ3) is 5.05. The van der Waals surface area contributed by atoms with Crippen molar-refractivity contribution in [2.45, 2.75) is 26.1 Å². The van der Waals surface area contributed by atoms with Crippen LogP contribution in [0.2, 0.25) is 0 Å². The van der Waals surface area contributed by atoms with Gasteiger partial charge in [0.2, 0.25) is 0 Å². The first-order valence-electron chi connectivity index (χ1n) is 8.97. The summed E-state index contributed by atoms with van der Waals surface area (Å²) in [5.74, 6) is 0.879. The van der Waals surface area contributed by atoms with Gasteiger partial charge in [0.05, 0.1) is 25.4 Å². The second-order valence-electron chi connectivity index (χ2n) is 6.75. The first-order valence-corrected chi connectivity index (χ1v) is 8.97. The lowest BCUT2D eigenvalue weighted by Crippen LogP contribution is -2.38. The Morgan fingerprint density at radius 2 is 1.76 bits per heavy atom. The quantitative estimate of drug-likeness (QED) is 0.873. The summed E-state index contributed by atoms with van der Waals surface area (Å²) in [5.41, 5.74) is 3.19. The number of β-amino-alcohol motifs (C(OH)–C–C–N with tert-alkyl or cyclic N) is 1. The smallest absolute Gasteiger partial charge is 0.120 e. The van der Waals surface area contributed by atoms with Crippen LogP contribution in [0.25, 0.3) is 11.1 Å². The summed E-state index contributed by atoms with van der Waals surface area (Å²) in [4.78, 5) is 2.24. The Morgan fingerprint density at radius 3 is 2.44 bits per heavy atom. The average Bonchev–Trinajstić information content (AvgIpc) is 2.62. The largest absolute Gasteiger partial charge is 0.491 e. The maximum atomic E-state index is 10.5. The zero-order chi connectivity index (χ0) is 17.6. The van der Waals surface area contributed by atoms with Crippen molar-refractivity contribution in [3.8, 4) is 16.9 Å². The van der Waals surface area contributed by atoms with Crippen molar-refractivity contribution in [1.29, 1.82) is 0 Å². The molecule has 134 valence electrons. The van der Waals surface area contributed by atoms with E-state index >= 15 is 0 Å². The van der Waals surface area contributed by atoms with Crippen LogP contribution in [0.5, 0.6) is 5.75 Å². The number of benzene rings is 2. The van der Waals surface area contributed by atoms with Crippen LogP contribution in [0.1, 0.15) is 25.5 Å². The number of ether oxygens (including phenoxy) is 2. The molecule has 1 heterocycles. The normalized spacial score (nSPS) is 16.8. The van der Waals surface area contributed by atoms with Gasteiger partial charge in [0.1, 0.15) is 5.75 Å². The van der Waals surface area contributed by atoms with Crippen molar-refractivity contribution in [3.05, 3.63) is 54.1 Å². The molecule has 1 fully saturated rings. The van der Waals surface area contributed by atoms with E-state index in [1.165, 1.54) is 0 Å². The minimum Gasteiger partial charge on any atom is -0.491 e. The van der Waals surface area contributed by atoms with Crippen LogP contribution < -0.4 is 4.74 Å². The van der Waals surface area contributed by atoms with Gasteiger partial charge in [-0.15, -0.1) is 0 Å². The molecule has 0 bridgehead atoms. The number of hydrogen-bond acceptors (Lipinski definition) is 4. The molecular weight excluding hydrogens is 314 g/mol. The highest BCUT2D eigenvalue weighted by atomic mass is 16.5. The lowest BCUT2D eigenvalue weighted by atomic mass is 10.0. The highest BCUT2D eigenvalue weighted by Gasteiger charge is 2.16. The summed E-state index contributed by atoms with van der Waals surface area (Å²) in [6, 6.07) is 16.3.